The first-order valence-corrected chi connectivity index (χ1v) is 6.97. The number of methoxy groups -OCH3 is 1. The molecule has 2 unspecified atom stereocenters. The molecule has 0 saturated carbocycles. The Labute approximate surface area is 101 Å². The van der Waals surface area contributed by atoms with E-state index in [1.807, 2.05) is 0 Å². The van der Waals surface area contributed by atoms with Crippen LogP contribution in [0, 0.1) is 11.8 Å². The minimum Gasteiger partial charge on any atom is -0.384 e. The summed E-state index contributed by atoms with van der Waals surface area (Å²) in [5.41, 5.74) is 0. The molecule has 1 saturated heterocycles. The van der Waals surface area contributed by atoms with Crippen LogP contribution in [0.3, 0.4) is 0 Å². The van der Waals surface area contributed by atoms with Crippen LogP contribution in [0.1, 0.15) is 46.0 Å². The van der Waals surface area contributed by atoms with Gasteiger partial charge in [0, 0.05) is 20.3 Å². The Morgan fingerprint density at radius 2 is 2.19 bits per heavy atom. The highest BCUT2D eigenvalue weighted by Gasteiger charge is 2.20. The lowest BCUT2D eigenvalue weighted by Gasteiger charge is -2.13. The van der Waals surface area contributed by atoms with Crippen LogP contribution in [0.25, 0.3) is 0 Å². The lowest BCUT2D eigenvalue weighted by molar-refractivity contribution is 0.154. The van der Waals surface area contributed by atoms with E-state index in [1.165, 1.54) is 51.7 Å². The number of ether oxygens (including phenoxy) is 1. The van der Waals surface area contributed by atoms with Crippen molar-refractivity contribution in [2.45, 2.75) is 46.0 Å². The van der Waals surface area contributed by atoms with E-state index < -0.39 is 0 Å². The molecule has 0 aromatic carbocycles. The van der Waals surface area contributed by atoms with Crippen LogP contribution in [-0.4, -0.2) is 38.3 Å². The Kier molecular flexibility index (Phi) is 7.06. The molecule has 2 nitrogen and oxygen atoms in total. The fourth-order valence-corrected chi connectivity index (χ4v) is 2.73. The lowest BCUT2D eigenvalue weighted by Crippen LogP contribution is -2.19. The van der Waals surface area contributed by atoms with E-state index in [-0.39, 0.29) is 0 Å². The SMILES string of the molecule is CCN1CCC(CCCCC(C)COC)C1. The van der Waals surface area contributed by atoms with Gasteiger partial charge in [0.1, 0.15) is 0 Å². The summed E-state index contributed by atoms with van der Waals surface area (Å²) in [4.78, 5) is 2.58. The maximum Gasteiger partial charge on any atom is 0.0487 e. The van der Waals surface area contributed by atoms with E-state index in [0.717, 1.165) is 18.4 Å². The maximum atomic E-state index is 5.16. The largest absolute Gasteiger partial charge is 0.384 e. The predicted octanol–water partition coefficient (Wildman–Crippen LogP) is 3.17. The molecule has 0 spiro atoms. The minimum absolute atomic E-state index is 0.737. The van der Waals surface area contributed by atoms with Crippen LogP contribution < -0.4 is 0 Å². The zero-order chi connectivity index (χ0) is 11.8. The standard InChI is InChI=1S/C14H29NO/c1-4-15-10-9-14(11-15)8-6-5-7-13(2)12-16-3/h13-14H,4-12H2,1-3H3. The van der Waals surface area contributed by atoms with Crippen LogP contribution in [0.2, 0.25) is 0 Å². The monoisotopic (exact) mass is 227 g/mol. The van der Waals surface area contributed by atoms with Crippen molar-refractivity contribution in [1.29, 1.82) is 0 Å². The van der Waals surface area contributed by atoms with Gasteiger partial charge in [-0.1, -0.05) is 26.7 Å². The first-order chi connectivity index (χ1) is 7.76. The quantitative estimate of drug-likeness (QED) is 0.591. The minimum atomic E-state index is 0.737. The second-order valence-electron chi connectivity index (χ2n) is 5.39. The summed E-state index contributed by atoms with van der Waals surface area (Å²) in [5, 5.41) is 0. The maximum absolute atomic E-state index is 5.16. The molecule has 0 amide bonds. The van der Waals surface area contributed by atoms with Crippen molar-refractivity contribution >= 4 is 0 Å². The molecule has 16 heavy (non-hydrogen) atoms. The Morgan fingerprint density at radius 3 is 2.81 bits per heavy atom. The molecule has 0 radical (unpaired) electrons. The van der Waals surface area contributed by atoms with E-state index in [1.54, 1.807) is 7.11 Å². The van der Waals surface area contributed by atoms with Crippen molar-refractivity contribution in [3.8, 4) is 0 Å². The van der Waals surface area contributed by atoms with Crippen molar-refractivity contribution in [1.82, 2.24) is 4.90 Å². The van der Waals surface area contributed by atoms with Gasteiger partial charge in [0.2, 0.25) is 0 Å². The van der Waals surface area contributed by atoms with Crippen molar-refractivity contribution < 1.29 is 4.74 Å². The van der Waals surface area contributed by atoms with E-state index >= 15 is 0 Å². The van der Waals surface area contributed by atoms with Crippen LogP contribution >= 0.6 is 0 Å². The number of likely N-dealkylation sites (tertiary alicyclic amines) is 1. The van der Waals surface area contributed by atoms with E-state index in [0.29, 0.717) is 0 Å². The molecule has 2 heteroatoms. The summed E-state index contributed by atoms with van der Waals surface area (Å²) in [7, 11) is 1.80. The van der Waals surface area contributed by atoms with Crippen molar-refractivity contribution in [2.24, 2.45) is 11.8 Å². The third-order valence-corrected chi connectivity index (χ3v) is 3.83. The summed E-state index contributed by atoms with van der Waals surface area (Å²) in [6.45, 7) is 9.41. The fourth-order valence-electron chi connectivity index (χ4n) is 2.73. The van der Waals surface area contributed by atoms with E-state index in [4.69, 9.17) is 4.74 Å². The molecule has 0 N–H and O–H groups in total. The smallest absolute Gasteiger partial charge is 0.0487 e. The molecule has 0 aromatic heterocycles. The van der Waals surface area contributed by atoms with E-state index in [9.17, 15) is 0 Å². The summed E-state index contributed by atoms with van der Waals surface area (Å²) in [6, 6.07) is 0. The molecule has 1 rings (SSSR count). The van der Waals surface area contributed by atoms with Gasteiger partial charge in [0.25, 0.3) is 0 Å². The first-order valence-electron chi connectivity index (χ1n) is 6.97. The zero-order valence-electron chi connectivity index (χ0n) is 11.4. The summed E-state index contributed by atoms with van der Waals surface area (Å²) in [5.74, 6) is 1.72. The van der Waals surface area contributed by atoms with Gasteiger partial charge < -0.3 is 9.64 Å². The summed E-state index contributed by atoms with van der Waals surface area (Å²) < 4.78 is 5.16. The molecule has 2 atom stereocenters. The lowest BCUT2D eigenvalue weighted by atomic mass is 9.98. The Morgan fingerprint density at radius 1 is 1.38 bits per heavy atom. The van der Waals surface area contributed by atoms with Gasteiger partial charge in [0.05, 0.1) is 0 Å². The molecular formula is C14H29NO. The summed E-state index contributed by atoms with van der Waals surface area (Å²) in [6.07, 6.45) is 7.00. The third kappa shape index (κ3) is 5.31. The molecule has 0 bridgehead atoms. The number of hydrogen-bond acceptors (Lipinski definition) is 2. The molecule has 0 aromatic rings. The molecule has 1 aliphatic rings. The molecule has 0 aliphatic carbocycles. The van der Waals surface area contributed by atoms with Gasteiger partial charge >= 0.3 is 0 Å². The Balaban J connectivity index is 1.95. The van der Waals surface area contributed by atoms with Crippen LogP contribution in [0.5, 0.6) is 0 Å². The Hall–Kier alpha value is -0.0800. The van der Waals surface area contributed by atoms with Crippen LogP contribution in [-0.2, 0) is 4.74 Å². The summed E-state index contributed by atoms with van der Waals surface area (Å²) >= 11 is 0. The van der Waals surface area contributed by atoms with Crippen LogP contribution in [0.4, 0.5) is 0 Å². The zero-order valence-corrected chi connectivity index (χ0v) is 11.4. The van der Waals surface area contributed by atoms with Gasteiger partial charge in [-0.05, 0) is 44.2 Å². The second kappa shape index (κ2) is 8.08. The second-order valence-corrected chi connectivity index (χ2v) is 5.39. The average molecular weight is 227 g/mol. The van der Waals surface area contributed by atoms with E-state index in [2.05, 4.69) is 18.7 Å². The number of rotatable bonds is 8. The van der Waals surface area contributed by atoms with Gasteiger partial charge in [-0.3, -0.25) is 0 Å². The van der Waals surface area contributed by atoms with Gasteiger partial charge in [-0.25, -0.2) is 0 Å². The number of unbranched alkanes of at least 4 members (excludes halogenated alkanes) is 1. The van der Waals surface area contributed by atoms with Gasteiger partial charge in [0.15, 0.2) is 0 Å². The topological polar surface area (TPSA) is 12.5 Å². The molecular weight excluding hydrogens is 198 g/mol. The number of nitrogens with zero attached hydrogens (tertiary/aromatic N) is 1. The normalized spacial score (nSPS) is 23.8. The molecule has 1 aliphatic heterocycles. The highest BCUT2D eigenvalue weighted by molar-refractivity contribution is 4.74. The first kappa shape index (κ1) is 14.0. The highest BCUT2D eigenvalue weighted by Crippen LogP contribution is 2.22. The molecule has 1 fully saturated rings. The molecule has 1 heterocycles. The average Bonchev–Trinajstić information content (AvgIpc) is 2.73. The van der Waals surface area contributed by atoms with Crippen LogP contribution in [0.15, 0.2) is 0 Å². The van der Waals surface area contributed by atoms with Crippen molar-refractivity contribution in [2.75, 3.05) is 33.4 Å². The van der Waals surface area contributed by atoms with Gasteiger partial charge in [-0.2, -0.15) is 0 Å². The third-order valence-electron chi connectivity index (χ3n) is 3.83. The highest BCUT2D eigenvalue weighted by atomic mass is 16.5. The predicted molar refractivity (Wildman–Crippen MR) is 69.7 cm³/mol. The van der Waals surface area contributed by atoms with Gasteiger partial charge in [-0.15, -0.1) is 0 Å². The fraction of sp³-hybridized carbons (Fsp3) is 1.00. The number of hydrogen-bond donors (Lipinski definition) is 0. The van der Waals surface area contributed by atoms with Crippen molar-refractivity contribution in [3.05, 3.63) is 0 Å². The van der Waals surface area contributed by atoms with Crippen molar-refractivity contribution in [3.63, 3.8) is 0 Å². The molecule has 96 valence electrons. The Bertz CT molecular complexity index is 172.